The molecule has 0 amide bonds. The number of rotatable bonds is 8. The van der Waals surface area contributed by atoms with Crippen molar-refractivity contribution in [2.75, 3.05) is 19.6 Å². The molecule has 14 heavy (non-hydrogen) atoms. The Labute approximate surface area is 88.6 Å². The van der Waals surface area contributed by atoms with Crippen LogP contribution in [0, 0.1) is 24.2 Å². The summed E-state index contributed by atoms with van der Waals surface area (Å²) < 4.78 is 0. The molecule has 0 aromatic heterocycles. The maximum absolute atomic E-state index is 5.67. The average molecular weight is 196 g/mol. The molecule has 0 aromatic carbocycles. The molecular weight excluding hydrogens is 172 g/mol. The van der Waals surface area contributed by atoms with Crippen molar-refractivity contribution in [3.8, 4) is 12.3 Å². The van der Waals surface area contributed by atoms with Crippen LogP contribution in [-0.2, 0) is 0 Å². The van der Waals surface area contributed by atoms with Crippen LogP contribution in [0.3, 0.4) is 0 Å². The first-order chi connectivity index (χ1) is 6.72. The second kappa shape index (κ2) is 9.05. The Morgan fingerprint density at radius 3 is 2.57 bits per heavy atom. The molecule has 0 aromatic rings. The van der Waals surface area contributed by atoms with Crippen molar-refractivity contribution in [2.45, 2.75) is 33.1 Å². The molecule has 0 rings (SSSR count). The van der Waals surface area contributed by atoms with E-state index in [4.69, 9.17) is 12.2 Å². The topological polar surface area (TPSA) is 38.0 Å². The van der Waals surface area contributed by atoms with Crippen molar-refractivity contribution in [3.05, 3.63) is 0 Å². The summed E-state index contributed by atoms with van der Waals surface area (Å²) in [5.41, 5.74) is 5.67. The quantitative estimate of drug-likeness (QED) is 0.457. The van der Waals surface area contributed by atoms with Gasteiger partial charge in [-0.05, 0) is 44.3 Å². The summed E-state index contributed by atoms with van der Waals surface area (Å²) in [6.07, 6.45) is 8.35. The van der Waals surface area contributed by atoms with Gasteiger partial charge in [0.15, 0.2) is 0 Å². The fourth-order valence-electron chi connectivity index (χ4n) is 1.36. The zero-order valence-corrected chi connectivity index (χ0v) is 9.55. The Morgan fingerprint density at radius 1 is 1.36 bits per heavy atom. The van der Waals surface area contributed by atoms with Crippen LogP contribution in [0.4, 0.5) is 0 Å². The lowest BCUT2D eigenvalue weighted by Crippen LogP contribution is -2.32. The first-order valence-corrected chi connectivity index (χ1v) is 5.56. The first-order valence-electron chi connectivity index (χ1n) is 5.56. The molecular formula is C12H24N2. The number of terminal acetylenes is 1. The summed E-state index contributed by atoms with van der Waals surface area (Å²) >= 11 is 0. The molecule has 3 N–H and O–H groups in total. The van der Waals surface area contributed by atoms with E-state index in [0.29, 0.717) is 11.8 Å². The minimum Gasteiger partial charge on any atom is -0.330 e. The Balaban J connectivity index is 3.30. The van der Waals surface area contributed by atoms with Crippen molar-refractivity contribution in [1.29, 1.82) is 0 Å². The molecule has 0 radical (unpaired) electrons. The van der Waals surface area contributed by atoms with Gasteiger partial charge in [0.1, 0.15) is 0 Å². The molecule has 0 fully saturated rings. The van der Waals surface area contributed by atoms with Crippen LogP contribution in [0.5, 0.6) is 0 Å². The monoisotopic (exact) mass is 196 g/mol. The molecule has 0 bridgehead atoms. The smallest absolute Gasteiger partial charge is 0.00865 e. The van der Waals surface area contributed by atoms with Gasteiger partial charge in [-0.25, -0.2) is 0 Å². The molecule has 0 saturated heterocycles. The van der Waals surface area contributed by atoms with E-state index in [-0.39, 0.29) is 0 Å². The van der Waals surface area contributed by atoms with Crippen molar-refractivity contribution in [3.63, 3.8) is 0 Å². The van der Waals surface area contributed by atoms with Gasteiger partial charge in [-0.1, -0.05) is 13.8 Å². The second-order valence-corrected chi connectivity index (χ2v) is 4.11. The largest absolute Gasteiger partial charge is 0.330 e. The molecule has 0 aliphatic heterocycles. The highest BCUT2D eigenvalue weighted by Gasteiger charge is 2.09. The van der Waals surface area contributed by atoms with Gasteiger partial charge in [-0.2, -0.15) is 0 Å². The summed E-state index contributed by atoms with van der Waals surface area (Å²) in [5, 5.41) is 3.43. The Hall–Kier alpha value is -0.520. The highest BCUT2D eigenvalue weighted by Crippen LogP contribution is 2.07. The molecule has 2 heteroatoms. The lowest BCUT2D eigenvalue weighted by Gasteiger charge is -2.19. The van der Waals surface area contributed by atoms with Gasteiger partial charge in [0, 0.05) is 6.42 Å². The maximum atomic E-state index is 5.67. The summed E-state index contributed by atoms with van der Waals surface area (Å²) in [4.78, 5) is 0. The third kappa shape index (κ3) is 6.94. The predicted octanol–water partition coefficient (Wildman–Crippen LogP) is 1.61. The highest BCUT2D eigenvalue weighted by molar-refractivity contribution is 4.82. The minimum atomic E-state index is 0.600. The van der Waals surface area contributed by atoms with Gasteiger partial charge in [0.25, 0.3) is 0 Å². The lowest BCUT2D eigenvalue weighted by atomic mass is 9.96. The van der Waals surface area contributed by atoms with Crippen LogP contribution in [0.1, 0.15) is 33.1 Å². The molecule has 1 atom stereocenters. The van der Waals surface area contributed by atoms with E-state index in [1.54, 1.807) is 0 Å². The van der Waals surface area contributed by atoms with Crippen molar-refractivity contribution in [2.24, 2.45) is 17.6 Å². The van der Waals surface area contributed by atoms with Crippen LogP contribution in [-0.4, -0.2) is 19.6 Å². The van der Waals surface area contributed by atoms with E-state index in [1.807, 2.05) is 0 Å². The molecule has 0 spiro atoms. The SMILES string of the molecule is C#CCCCCNCC(CN)C(C)C. The standard InChI is InChI=1S/C12H24N2/c1-4-5-6-7-8-14-10-12(9-13)11(2)3/h1,11-12,14H,5-10,13H2,2-3H3. The number of nitrogens with one attached hydrogen (secondary N) is 1. The van der Waals surface area contributed by atoms with Crippen LogP contribution < -0.4 is 11.1 Å². The lowest BCUT2D eigenvalue weighted by molar-refractivity contribution is 0.370. The predicted molar refractivity (Wildman–Crippen MR) is 62.9 cm³/mol. The normalized spacial score (nSPS) is 12.8. The van der Waals surface area contributed by atoms with Gasteiger partial charge >= 0.3 is 0 Å². The number of hydrogen-bond donors (Lipinski definition) is 2. The van der Waals surface area contributed by atoms with E-state index in [9.17, 15) is 0 Å². The zero-order chi connectivity index (χ0) is 10.8. The highest BCUT2D eigenvalue weighted by atomic mass is 14.9. The first kappa shape index (κ1) is 13.5. The molecule has 82 valence electrons. The molecule has 0 saturated carbocycles. The number of nitrogens with two attached hydrogens (primary N) is 1. The van der Waals surface area contributed by atoms with Crippen LogP contribution >= 0.6 is 0 Å². The molecule has 2 nitrogen and oxygen atoms in total. The molecule has 0 aliphatic carbocycles. The van der Waals surface area contributed by atoms with Crippen molar-refractivity contribution in [1.82, 2.24) is 5.32 Å². The summed E-state index contributed by atoms with van der Waals surface area (Å²) in [6, 6.07) is 0. The average Bonchev–Trinajstić information content (AvgIpc) is 2.16. The fourth-order valence-corrected chi connectivity index (χ4v) is 1.36. The zero-order valence-electron chi connectivity index (χ0n) is 9.55. The Bertz CT molecular complexity index is 158. The molecule has 0 aliphatic rings. The number of unbranched alkanes of at least 4 members (excludes halogenated alkanes) is 2. The van der Waals surface area contributed by atoms with Crippen LogP contribution in [0.2, 0.25) is 0 Å². The summed E-state index contributed by atoms with van der Waals surface area (Å²) in [5.74, 6) is 3.91. The van der Waals surface area contributed by atoms with E-state index >= 15 is 0 Å². The van der Waals surface area contributed by atoms with E-state index in [0.717, 1.165) is 32.5 Å². The third-order valence-corrected chi connectivity index (χ3v) is 2.58. The van der Waals surface area contributed by atoms with Crippen LogP contribution in [0.15, 0.2) is 0 Å². The van der Waals surface area contributed by atoms with Crippen molar-refractivity contribution < 1.29 is 0 Å². The fraction of sp³-hybridized carbons (Fsp3) is 0.833. The van der Waals surface area contributed by atoms with Gasteiger partial charge in [-0.3, -0.25) is 0 Å². The van der Waals surface area contributed by atoms with Gasteiger partial charge in [0.05, 0.1) is 0 Å². The summed E-state index contributed by atoms with van der Waals surface area (Å²) in [7, 11) is 0. The minimum absolute atomic E-state index is 0.600. The Morgan fingerprint density at radius 2 is 2.07 bits per heavy atom. The van der Waals surface area contributed by atoms with Gasteiger partial charge in [0.2, 0.25) is 0 Å². The van der Waals surface area contributed by atoms with Gasteiger partial charge in [-0.15, -0.1) is 12.3 Å². The molecule has 1 unspecified atom stereocenters. The summed E-state index contributed by atoms with van der Waals surface area (Å²) in [6.45, 7) is 7.30. The van der Waals surface area contributed by atoms with E-state index in [1.165, 1.54) is 6.42 Å². The van der Waals surface area contributed by atoms with Gasteiger partial charge < -0.3 is 11.1 Å². The second-order valence-electron chi connectivity index (χ2n) is 4.11. The number of hydrogen-bond acceptors (Lipinski definition) is 2. The van der Waals surface area contributed by atoms with Crippen molar-refractivity contribution >= 4 is 0 Å². The maximum Gasteiger partial charge on any atom is 0.00865 e. The third-order valence-electron chi connectivity index (χ3n) is 2.58. The van der Waals surface area contributed by atoms with Crippen LogP contribution in [0.25, 0.3) is 0 Å². The van der Waals surface area contributed by atoms with E-state index in [2.05, 4.69) is 25.1 Å². The Kier molecular flexibility index (Phi) is 8.72. The van der Waals surface area contributed by atoms with E-state index < -0.39 is 0 Å². The molecule has 0 heterocycles.